The summed E-state index contributed by atoms with van der Waals surface area (Å²) in [6.07, 6.45) is 4.88. The van der Waals surface area contributed by atoms with Gasteiger partial charge in [0.05, 0.1) is 17.1 Å². The van der Waals surface area contributed by atoms with Crippen molar-refractivity contribution in [3.05, 3.63) is 66.3 Å². The molecule has 0 saturated carbocycles. The summed E-state index contributed by atoms with van der Waals surface area (Å²) in [5.41, 5.74) is 2.17. The third-order valence-electron chi connectivity index (χ3n) is 5.71. The minimum atomic E-state index is 0.111. The largest absolute Gasteiger partial charge is 0.490 e. The number of fused-ring (bicyclic) bond motifs is 2. The Balaban J connectivity index is 1.27. The number of pyridine rings is 1. The van der Waals surface area contributed by atoms with Gasteiger partial charge in [0.15, 0.2) is 17.1 Å². The standard InChI is InChI=1S/C25H22ClN7O3/c1-2-34-22-10-20-18(9-23(22)36-17-11-27-12-17)25(30-13-28-20)32-15-3-4-21(19(26)7-15)35-16-5-6-33-24(8-16)29-14-31-33/h3-10,13-14,17,27H,2,11-12H2,1H3,(H,28,30,32). The van der Waals surface area contributed by atoms with Gasteiger partial charge < -0.3 is 24.8 Å². The van der Waals surface area contributed by atoms with E-state index in [4.69, 9.17) is 25.8 Å². The molecule has 10 nitrogen and oxygen atoms in total. The smallest absolute Gasteiger partial charge is 0.163 e. The molecule has 11 heteroatoms. The van der Waals surface area contributed by atoms with Crippen LogP contribution in [0.1, 0.15) is 6.92 Å². The first-order chi connectivity index (χ1) is 17.7. The number of nitrogens with zero attached hydrogens (tertiary/aromatic N) is 5. The molecule has 1 aliphatic rings. The lowest BCUT2D eigenvalue weighted by molar-refractivity contribution is 0.136. The van der Waals surface area contributed by atoms with E-state index in [-0.39, 0.29) is 6.10 Å². The van der Waals surface area contributed by atoms with Gasteiger partial charge in [-0.25, -0.2) is 19.5 Å². The van der Waals surface area contributed by atoms with Crippen LogP contribution in [0.25, 0.3) is 16.6 Å². The van der Waals surface area contributed by atoms with Crippen LogP contribution in [0.2, 0.25) is 5.02 Å². The molecule has 0 radical (unpaired) electrons. The van der Waals surface area contributed by atoms with Crippen molar-refractivity contribution >= 4 is 39.7 Å². The number of benzene rings is 2. The van der Waals surface area contributed by atoms with Gasteiger partial charge in [0, 0.05) is 42.5 Å². The first-order valence-corrected chi connectivity index (χ1v) is 11.9. The van der Waals surface area contributed by atoms with Gasteiger partial charge in [-0.05, 0) is 37.3 Å². The lowest BCUT2D eigenvalue weighted by atomic mass is 10.2. The molecule has 1 saturated heterocycles. The first kappa shape index (κ1) is 22.3. The van der Waals surface area contributed by atoms with E-state index in [0.717, 1.165) is 29.7 Å². The molecular weight excluding hydrogens is 482 g/mol. The molecule has 5 aromatic rings. The quantitative estimate of drug-likeness (QED) is 0.314. The Bertz CT molecular complexity index is 1550. The van der Waals surface area contributed by atoms with Crippen LogP contribution in [-0.4, -0.2) is 50.4 Å². The Kier molecular flexibility index (Phi) is 5.88. The third kappa shape index (κ3) is 4.43. The van der Waals surface area contributed by atoms with Crippen LogP contribution in [0, 0.1) is 0 Å². The van der Waals surface area contributed by atoms with Gasteiger partial charge >= 0.3 is 0 Å². The molecule has 182 valence electrons. The van der Waals surface area contributed by atoms with Crippen molar-refractivity contribution in [3.8, 4) is 23.0 Å². The molecule has 0 atom stereocenters. The number of halogens is 1. The first-order valence-electron chi connectivity index (χ1n) is 11.5. The molecule has 0 aliphatic carbocycles. The molecule has 36 heavy (non-hydrogen) atoms. The van der Waals surface area contributed by atoms with Gasteiger partial charge in [0.25, 0.3) is 0 Å². The van der Waals surface area contributed by atoms with Crippen LogP contribution in [0.3, 0.4) is 0 Å². The number of nitrogens with one attached hydrogen (secondary N) is 2. The molecule has 0 unspecified atom stereocenters. The Morgan fingerprint density at radius 1 is 1.03 bits per heavy atom. The van der Waals surface area contributed by atoms with Gasteiger partial charge in [0.2, 0.25) is 0 Å². The molecule has 0 amide bonds. The van der Waals surface area contributed by atoms with Crippen LogP contribution in [0.4, 0.5) is 11.5 Å². The van der Waals surface area contributed by atoms with Gasteiger partial charge in [0.1, 0.15) is 36.1 Å². The average Bonchev–Trinajstić information content (AvgIpc) is 3.32. The van der Waals surface area contributed by atoms with Crippen molar-refractivity contribution in [2.24, 2.45) is 0 Å². The molecule has 1 aliphatic heterocycles. The summed E-state index contributed by atoms with van der Waals surface area (Å²) in [5.74, 6) is 3.08. The molecule has 1 fully saturated rings. The number of anilines is 2. The van der Waals surface area contributed by atoms with Crippen molar-refractivity contribution < 1.29 is 14.2 Å². The highest BCUT2D eigenvalue weighted by Crippen LogP contribution is 2.37. The van der Waals surface area contributed by atoms with Crippen LogP contribution >= 0.6 is 11.6 Å². The van der Waals surface area contributed by atoms with Crippen LogP contribution in [0.15, 0.2) is 61.3 Å². The molecule has 0 bridgehead atoms. The van der Waals surface area contributed by atoms with Gasteiger partial charge in [-0.2, -0.15) is 5.10 Å². The second kappa shape index (κ2) is 9.48. The topological polar surface area (TPSA) is 108 Å². The van der Waals surface area contributed by atoms with Crippen molar-refractivity contribution in [2.45, 2.75) is 13.0 Å². The van der Waals surface area contributed by atoms with Crippen LogP contribution in [0.5, 0.6) is 23.0 Å². The van der Waals surface area contributed by atoms with E-state index in [0.29, 0.717) is 46.1 Å². The Hall–Kier alpha value is -4.15. The number of hydrogen-bond donors (Lipinski definition) is 2. The van der Waals surface area contributed by atoms with Crippen molar-refractivity contribution in [1.29, 1.82) is 0 Å². The minimum absolute atomic E-state index is 0.111. The maximum absolute atomic E-state index is 6.55. The number of ether oxygens (including phenoxy) is 3. The summed E-state index contributed by atoms with van der Waals surface area (Å²) >= 11 is 6.55. The summed E-state index contributed by atoms with van der Waals surface area (Å²) in [7, 11) is 0. The monoisotopic (exact) mass is 503 g/mol. The van der Waals surface area contributed by atoms with Crippen molar-refractivity contribution in [3.63, 3.8) is 0 Å². The molecule has 2 aromatic carbocycles. The van der Waals surface area contributed by atoms with Crippen LogP contribution in [-0.2, 0) is 0 Å². The van der Waals surface area contributed by atoms with E-state index < -0.39 is 0 Å². The highest BCUT2D eigenvalue weighted by molar-refractivity contribution is 6.32. The highest BCUT2D eigenvalue weighted by atomic mass is 35.5. The third-order valence-corrected chi connectivity index (χ3v) is 6.01. The molecule has 6 rings (SSSR count). The predicted octanol–water partition coefficient (Wildman–Crippen LogP) is 4.61. The van der Waals surface area contributed by atoms with E-state index in [1.165, 1.54) is 12.7 Å². The van der Waals surface area contributed by atoms with Crippen LogP contribution < -0.4 is 24.8 Å². The zero-order valence-corrected chi connectivity index (χ0v) is 20.1. The van der Waals surface area contributed by atoms with E-state index in [2.05, 4.69) is 30.7 Å². The normalized spacial score (nSPS) is 13.5. The Labute approximate surface area is 211 Å². The molecular formula is C25H22ClN7O3. The summed E-state index contributed by atoms with van der Waals surface area (Å²) < 4.78 is 19.6. The molecule has 0 spiro atoms. The summed E-state index contributed by atoms with van der Waals surface area (Å²) in [5, 5.41) is 11.9. The molecule has 3 aromatic heterocycles. The van der Waals surface area contributed by atoms with Gasteiger partial charge in [-0.1, -0.05) is 11.6 Å². The van der Waals surface area contributed by atoms with E-state index in [1.54, 1.807) is 35.0 Å². The Morgan fingerprint density at radius 3 is 2.75 bits per heavy atom. The van der Waals surface area contributed by atoms with E-state index in [1.807, 2.05) is 25.1 Å². The number of hydrogen-bond acceptors (Lipinski definition) is 9. The second-order valence-electron chi connectivity index (χ2n) is 8.17. The second-order valence-corrected chi connectivity index (χ2v) is 8.57. The predicted molar refractivity (Wildman–Crippen MR) is 136 cm³/mol. The van der Waals surface area contributed by atoms with E-state index in [9.17, 15) is 0 Å². The van der Waals surface area contributed by atoms with Gasteiger partial charge in [-0.3, -0.25) is 0 Å². The number of rotatable bonds is 8. The highest BCUT2D eigenvalue weighted by Gasteiger charge is 2.21. The fourth-order valence-corrected chi connectivity index (χ4v) is 4.05. The molecule has 2 N–H and O–H groups in total. The maximum atomic E-state index is 6.55. The SMILES string of the molecule is CCOc1cc2ncnc(Nc3ccc(Oc4ccn5ncnc5c4)c(Cl)c3)c2cc1OC1CNC1. The van der Waals surface area contributed by atoms with Crippen molar-refractivity contribution in [2.75, 3.05) is 25.0 Å². The lowest BCUT2D eigenvalue weighted by Crippen LogP contribution is -2.50. The lowest BCUT2D eigenvalue weighted by Gasteiger charge is -2.28. The fraction of sp³-hybridized carbons (Fsp3) is 0.200. The maximum Gasteiger partial charge on any atom is 0.163 e. The van der Waals surface area contributed by atoms with E-state index >= 15 is 0 Å². The van der Waals surface area contributed by atoms with Crippen molar-refractivity contribution in [1.82, 2.24) is 29.9 Å². The summed E-state index contributed by atoms with van der Waals surface area (Å²) in [4.78, 5) is 13.0. The minimum Gasteiger partial charge on any atom is -0.490 e. The molecule has 4 heterocycles. The summed E-state index contributed by atoms with van der Waals surface area (Å²) in [6, 6.07) is 12.8. The Morgan fingerprint density at radius 2 is 1.94 bits per heavy atom. The zero-order valence-electron chi connectivity index (χ0n) is 19.3. The zero-order chi connectivity index (χ0) is 24.5. The average molecular weight is 504 g/mol. The fourth-order valence-electron chi connectivity index (χ4n) is 3.83. The van der Waals surface area contributed by atoms with Gasteiger partial charge in [-0.15, -0.1) is 0 Å². The number of aromatic nitrogens is 5. The summed E-state index contributed by atoms with van der Waals surface area (Å²) in [6.45, 7) is 4.08.